The highest BCUT2D eigenvalue weighted by molar-refractivity contribution is 8.00. The quantitative estimate of drug-likeness (QED) is 0.260. The van der Waals surface area contributed by atoms with Gasteiger partial charge in [-0.25, -0.2) is 0 Å². The molecule has 4 N–H and O–H groups in total. The first-order valence-electron chi connectivity index (χ1n) is 5.23. The molecule has 0 aromatic heterocycles. The normalized spacial score (nSPS) is 12.5. The van der Waals surface area contributed by atoms with Gasteiger partial charge in [-0.15, -0.1) is 11.8 Å². The van der Waals surface area contributed by atoms with E-state index in [0.717, 1.165) is 18.7 Å². The number of carboxylic acids is 1. The number of nitrogens with zero attached hydrogens (tertiary/aromatic N) is 2. The summed E-state index contributed by atoms with van der Waals surface area (Å²) in [6.07, 6.45) is 0. The third-order valence-electron chi connectivity index (χ3n) is 2.25. The van der Waals surface area contributed by atoms with Crippen molar-refractivity contribution in [3.05, 3.63) is 20.2 Å². The molecule has 0 aliphatic carbocycles. The summed E-state index contributed by atoms with van der Waals surface area (Å²) in [4.78, 5) is 40.7. The van der Waals surface area contributed by atoms with E-state index in [4.69, 9.17) is 10.8 Å². The summed E-state index contributed by atoms with van der Waals surface area (Å²) in [6.45, 7) is 0.0120. The number of carbonyl (C=O) groups excluding carboxylic acids is 1. The molecule has 114 valence electrons. The minimum atomic E-state index is -2.50. The van der Waals surface area contributed by atoms with Gasteiger partial charge in [0.05, 0.1) is 12.7 Å². The van der Waals surface area contributed by atoms with E-state index in [1.165, 1.54) is 0 Å². The van der Waals surface area contributed by atoms with Crippen LogP contribution in [0.1, 0.15) is 6.92 Å². The number of aliphatic carboxylic acids is 1. The number of nitro groups is 2. The molecule has 0 bridgehead atoms. The van der Waals surface area contributed by atoms with E-state index in [1.807, 2.05) is 0 Å². The van der Waals surface area contributed by atoms with E-state index in [-0.39, 0.29) is 11.5 Å². The Labute approximate surface area is 117 Å². The van der Waals surface area contributed by atoms with Gasteiger partial charge in [0.1, 0.15) is 15.9 Å². The molecule has 0 unspecified atom stereocenters. The minimum Gasteiger partial charge on any atom is -0.480 e. The van der Waals surface area contributed by atoms with Gasteiger partial charge < -0.3 is 16.2 Å². The standard InChI is InChI=1S/C8H14N4O7S/c1-8(11(16)17,12(18)19)4-10-6(13)3-20-2-5(9)7(14)15/h5H,2-4,9H2,1H3,(H,10,13)(H,14,15)/t5-/m0/s1. The second kappa shape index (κ2) is 7.59. The maximum absolute atomic E-state index is 11.3. The molecule has 0 saturated heterocycles. The van der Waals surface area contributed by atoms with Gasteiger partial charge in [-0.05, 0) is 0 Å². The maximum Gasteiger partial charge on any atom is 0.472 e. The van der Waals surface area contributed by atoms with Crippen LogP contribution in [0.3, 0.4) is 0 Å². The lowest BCUT2D eigenvalue weighted by atomic mass is 10.2. The van der Waals surface area contributed by atoms with Crippen LogP contribution in [-0.2, 0) is 9.59 Å². The van der Waals surface area contributed by atoms with Gasteiger partial charge in [-0.1, -0.05) is 0 Å². The summed E-state index contributed by atoms with van der Waals surface area (Å²) < 4.78 is 0. The molecule has 0 fully saturated rings. The number of nitrogens with two attached hydrogens (primary N) is 1. The highest BCUT2D eigenvalue weighted by atomic mass is 32.2. The molecule has 11 nitrogen and oxygen atoms in total. The van der Waals surface area contributed by atoms with Crippen LogP contribution in [0.15, 0.2) is 0 Å². The van der Waals surface area contributed by atoms with Crippen molar-refractivity contribution in [2.24, 2.45) is 5.73 Å². The second-order valence-electron chi connectivity index (χ2n) is 3.97. The fourth-order valence-corrected chi connectivity index (χ4v) is 1.66. The molecule has 12 heteroatoms. The largest absolute Gasteiger partial charge is 0.480 e. The number of nitrogens with one attached hydrogen (secondary N) is 1. The lowest BCUT2D eigenvalue weighted by molar-refractivity contribution is -0.788. The third kappa shape index (κ3) is 5.36. The van der Waals surface area contributed by atoms with Crippen molar-refractivity contribution in [1.29, 1.82) is 0 Å². The lowest BCUT2D eigenvalue weighted by Crippen LogP contribution is -2.52. The van der Waals surface area contributed by atoms with Crippen LogP contribution in [0.4, 0.5) is 0 Å². The first kappa shape index (κ1) is 18.0. The first-order chi connectivity index (χ1) is 9.11. The Bertz CT molecular complexity index is 402. The SMILES string of the molecule is CC(CNC(=O)CSC[C@H](N)C(=O)O)([N+](=O)[O-])[N+](=O)[O-]. The van der Waals surface area contributed by atoms with Gasteiger partial charge in [-0.3, -0.25) is 29.8 Å². The molecule has 0 aromatic carbocycles. The van der Waals surface area contributed by atoms with Gasteiger partial charge in [0.25, 0.3) is 0 Å². The van der Waals surface area contributed by atoms with E-state index in [2.05, 4.69) is 5.32 Å². The molecule has 0 aromatic rings. The van der Waals surface area contributed by atoms with Crippen LogP contribution in [0.25, 0.3) is 0 Å². The van der Waals surface area contributed by atoms with Crippen LogP contribution >= 0.6 is 11.8 Å². The number of thioether (sulfide) groups is 1. The van der Waals surface area contributed by atoms with E-state index < -0.39 is 40.0 Å². The predicted octanol–water partition coefficient (Wildman–Crippen LogP) is -1.48. The summed E-state index contributed by atoms with van der Waals surface area (Å²) in [5.41, 5.74) is 2.69. The Hall–Kier alpha value is -1.95. The molecule has 1 atom stereocenters. The van der Waals surface area contributed by atoms with Crippen molar-refractivity contribution in [2.75, 3.05) is 18.1 Å². The molecule has 0 radical (unpaired) electrons. The van der Waals surface area contributed by atoms with Gasteiger partial charge in [-0.2, -0.15) is 0 Å². The Balaban J connectivity index is 4.20. The molecular weight excluding hydrogens is 296 g/mol. The van der Waals surface area contributed by atoms with Crippen molar-refractivity contribution in [1.82, 2.24) is 5.32 Å². The fraction of sp³-hybridized carbons (Fsp3) is 0.750. The van der Waals surface area contributed by atoms with Crippen molar-refractivity contribution in [3.63, 3.8) is 0 Å². The van der Waals surface area contributed by atoms with Gasteiger partial charge >= 0.3 is 11.6 Å². The fourth-order valence-electron chi connectivity index (χ4n) is 0.863. The van der Waals surface area contributed by atoms with Crippen LogP contribution in [0.2, 0.25) is 0 Å². The summed E-state index contributed by atoms with van der Waals surface area (Å²) in [7, 11) is 0. The van der Waals surface area contributed by atoms with Crippen LogP contribution in [0, 0.1) is 20.2 Å². The zero-order valence-electron chi connectivity index (χ0n) is 10.5. The summed E-state index contributed by atoms with van der Waals surface area (Å²) in [5.74, 6) is -2.12. The average Bonchev–Trinajstić information content (AvgIpc) is 2.34. The van der Waals surface area contributed by atoms with Crippen molar-refractivity contribution in [2.45, 2.75) is 18.6 Å². The Morgan fingerprint density at radius 3 is 2.30 bits per heavy atom. The third-order valence-corrected chi connectivity index (χ3v) is 3.32. The first-order valence-corrected chi connectivity index (χ1v) is 6.38. The van der Waals surface area contributed by atoms with Gasteiger partial charge in [0.15, 0.2) is 6.54 Å². The van der Waals surface area contributed by atoms with E-state index >= 15 is 0 Å². The second-order valence-corrected chi connectivity index (χ2v) is 5.00. The number of carboxylic acid groups (broad SMARTS) is 1. The van der Waals surface area contributed by atoms with Crippen molar-refractivity contribution < 1.29 is 24.5 Å². The van der Waals surface area contributed by atoms with E-state index in [9.17, 15) is 29.8 Å². The smallest absolute Gasteiger partial charge is 0.472 e. The zero-order valence-corrected chi connectivity index (χ0v) is 11.3. The Morgan fingerprint density at radius 2 is 1.90 bits per heavy atom. The monoisotopic (exact) mass is 310 g/mol. The highest BCUT2D eigenvalue weighted by Crippen LogP contribution is 2.08. The molecule has 0 saturated carbocycles. The number of rotatable bonds is 9. The molecule has 0 spiro atoms. The lowest BCUT2D eigenvalue weighted by Gasteiger charge is -2.13. The van der Waals surface area contributed by atoms with Gasteiger partial charge in [0, 0.05) is 5.75 Å². The van der Waals surface area contributed by atoms with Crippen LogP contribution in [0.5, 0.6) is 0 Å². The number of hydrogen-bond acceptors (Lipinski definition) is 8. The summed E-state index contributed by atoms with van der Waals surface area (Å²) >= 11 is 0.908. The Kier molecular flexibility index (Phi) is 6.85. The highest BCUT2D eigenvalue weighted by Gasteiger charge is 2.50. The topological polar surface area (TPSA) is 179 Å². The molecule has 0 heterocycles. The van der Waals surface area contributed by atoms with Crippen molar-refractivity contribution >= 4 is 23.6 Å². The number of carbonyl (C=O) groups is 2. The molecule has 0 rings (SSSR count). The maximum atomic E-state index is 11.3. The number of amides is 1. The molecule has 0 aliphatic rings. The van der Waals surface area contributed by atoms with E-state index in [0.29, 0.717) is 0 Å². The van der Waals surface area contributed by atoms with E-state index in [1.54, 1.807) is 0 Å². The predicted molar refractivity (Wildman–Crippen MR) is 68.3 cm³/mol. The minimum absolute atomic E-state index is 0.0233. The Morgan fingerprint density at radius 1 is 1.40 bits per heavy atom. The van der Waals surface area contributed by atoms with Crippen molar-refractivity contribution in [3.8, 4) is 0 Å². The van der Waals surface area contributed by atoms with Crippen LogP contribution < -0.4 is 11.1 Å². The molecular formula is C8H14N4O7S. The van der Waals surface area contributed by atoms with Gasteiger partial charge in [0.2, 0.25) is 5.91 Å². The molecule has 0 aliphatic heterocycles. The molecule has 1 amide bonds. The summed E-state index contributed by atoms with van der Waals surface area (Å²) in [6, 6.07) is -1.13. The summed E-state index contributed by atoms with van der Waals surface area (Å²) in [5, 5.41) is 31.7. The number of hydrogen-bond donors (Lipinski definition) is 3. The zero-order chi connectivity index (χ0) is 15.9. The van der Waals surface area contributed by atoms with Crippen LogP contribution in [-0.4, -0.2) is 56.6 Å². The average molecular weight is 310 g/mol. The molecule has 20 heavy (non-hydrogen) atoms.